The zero-order valence-electron chi connectivity index (χ0n) is 11.0. The first kappa shape index (κ1) is 14.5. The van der Waals surface area contributed by atoms with Crippen LogP contribution in [0.1, 0.15) is 11.1 Å². The Morgan fingerprint density at radius 1 is 1.40 bits per heavy atom. The van der Waals surface area contributed by atoms with Crippen molar-refractivity contribution >= 4 is 11.7 Å². The maximum atomic E-state index is 12.8. The largest absolute Gasteiger partial charge is 0.416 e. The molecule has 1 fully saturated rings. The molecule has 7 heteroatoms. The van der Waals surface area contributed by atoms with E-state index >= 15 is 0 Å². The van der Waals surface area contributed by atoms with Gasteiger partial charge in [0, 0.05) is 31.9 Å². The molecule has 2 rings (SSSR count). The van der Waals surface area contributed by atoms with Gasteiger partial charge in [0.1, 0.15) is 0 Å². The van der Waals surface area contributed by atoms with Crippen LogP contribution in [0.2, 0.25) is 0 Å². The molecule has 1 saturated heterocycles. The molecule has 110 valence electrons. The van der Waals surface area contributed by atoms with E-state index in [1.165, 1.54) is 13.0 Å². The van der Waals surface area contributed by atoms with E-state index in [0.29, 0.717) is 31.9 Å². The molecule has 1 heterocycles. The summed E-state index contributed by atoms with van der Waals surface area (Å²) >= 11 is 0. The Hall–Kier alpha value is -1.92. The van der Waals surface area contributed by atoms with Crippen LogP contribution in [-0.4, -0.2) is 37.1 Å². The van der Waals surface area contributed by atoms with Gasteiger partial charge in [0.2, 0.25) is 0 Å². The summed E-state index contributed by atoms with van der Waals surface area (Å²) in [5.74, 6) is 0. The second-order valence-corrected chi connectivity index (χ2v) is 4.67. The zero-order chi connectivity index (χ0) is 14.8. The van der Waals surface area contributed by atoms with Crippen LogP contribution in [-0.2, 0) is 6.18 Å². The Morgan fingerprint density at radius 3 is 2.75 bits per heavy atom. The fourth-order valence-electron chi connectivity index (χ4n) is 2.10. The number of rotatable bonds is 4. The maximum Gasteiger partial charge on any atom is 0.416 e. The Morgan fingerprint density at radius 2 is 2.15 bits per heavy atom. The van der Waals surface area contributed by atoms with Crippen LogP contribution >= 0.6 is 0 Å². The number of hydrogen-bond acceptors (Lipinski definition) is 2. The van der Waals surface area contributed by atoms with E-state index in [1.807, 2.05) is 0 Å². The summed E-state index contributed by atoms with van der Waals surface area (Å²) < 4.78 is 38.3. The summed E-state index contributed by atoms with van der Waals surface area (Å²) in [5, 5.41) is 5.58. The molecule has 2 amide bonds. The smallest absolute Gasteiger partial charge is 0.383 e. The molecule has 1 aliphatic rings. The third-order valence-corrected chi connectivity index (χ3v) is 3.20. The van der Waals surface area contributed by atoms with Crippen LogP contribution in [0.3, 0.4) is 0 Å². The van der Waals surface area contributed by atoms with Gasteiger partial charge in [-0.1, -0.05) is 6.07 Å². The molecule has 4 nitrogen and oxygen atoms in total. The number of carbonyl (C=O) groups is 1. The van der Waals surface area contributed by atoms with Gasteiger partial charge in [0.25, 0.3) is 0 Å². The molecule has 20 heavy (non-hydrogen) atoms. The number of amides is 2. The predicted octanol–water partition coefficient (Wildman–Crippen LogP) is 2.45. The Bertz CT molecular complexity index is 502. The molecule has 0 bridgehead atoms. The number of urea groups is 1. The molecule has 0 unspecified atom stereocenters. The van der Waals surface area contributed by atoms with Gasteiger partial charge >= 0.3 is 12.2 Å². The van der Waals surface area contributed by atoms with Crippen LogP contribution in [0.5, 0.6) is 0 Å². The molecular weight excluding hydrogens is 271 g/mol. The van der Waals surface area contributed by atoms with Gasteiger partial charge in [0.05, 0.1) is 5.56 Å². The molecule has 0 radical (unpaired) electrons. The molecule has 1 aliphatic heterocycles. The third kappa shape index (κ3) is 3.34. The quantitative estimate of drug-likeness (QED) is 0.893. The molecule has 0 aromatic heterocycles. The van der Waals surface area contributed by atoms with Crippen molar-refractivity contribution in [1.82, 2.24) is 10.2 Å². The lowest BCUT2D eigenvalue weighted by Gasteiger charge is -2.16. The second-order valence-electron chi connectivity index (χ2n) is 4.67. The van der Waals surface area contributed by atoms with Gasteiger partial charge in [-0.05, 0) is 24.6 Å². The van der Waals surface area contributed by atoms with Crippen molar-refractivity contribution < 1.29 is 18.0 Å². The average Bonchev–Trinajstić information content (AvgIpc) is 2.76. The zero-order valence-corrected chi connectivity index (χ0v) is 11.0. The van der Waals surface area contributed by atoms with E-state index in [2.05, 4.69) is 10.6 Å². The van der Waals surface area contributed by atoms with Crippen LogP contribution in [0, 0.1) is 6.92 Å². The summed E-state index contributed by atoms with van der Waals surface area (Å²) in [4.78, 5) is 12.9. The summed E-state index contributed by atoms with van der Waals surface area (Å²) in [6, 6.07) is 4.01. The first-order valence-electron chi connectivity index (χ1n) is 6.32. The van der Waals surface area contributed by atoms with Crippen LogP contribution < -0.4 is 10.6 Å². The molecule has 0 saturated carbocycles. The van der Waals surface area contributed by atoms with E-state index in [1.54, 1.807) is 11.0 Å². The fraction of sp³-hybridized carbons (Fsp3) is 0.462. The van der Waals surface area contributed by atoms with Gasteiger partial charge in [-0.15, -0.1) is 0 Å². The molecule has 0 atom stereocenters. The van der Waals surface area contributed by atoms with Gasteiger partial charge in [-0.2, -0.15) is 13.2 Å². The van der Waals surface area contributed by atoms with Crippen molar-refractivity contribution in [3.05, 3.63) is 29.3 Å². The number of nitrogens with zero attached hydrogens (tertiary/aromatic N) is 1. The van der Waals surface area contributed by atoms with E-state index in [0.717, 1.165) is 6.07 Å². The maximum absolute atomic E-state index is 12.8. The highest BCUT2D eigenvalue weighted by Crippen LogP contribution is 2.33. The number of alkyl halides is 3. The fourth-order valence-corrected chi connectivity index (χ4v) is 2.10. The predicted molar refractivity (Wildman–Crippen MR) is 69.6 cm³/mol. The molecule has 1 aromatic rings. The molecule has 0 spiro atoms. The van der Waals surface area contributed by atoms with Crippen molar-refractivity contribution in [2.45, 2.75) is 13.1 Å². The lowest BCUT2D eigenvalue weighted by Crippen LogP contribution is -2.32. The Kier molecular flexibility index (Phi) is 4.06. The van der Waals surface area contributed by atoms with Crippen molar-refractivity contribution in [2.75, 3.05) is 31.5 Å². The number of halogens is 3. The van der Waals surface area contributed by atoms with Crippen LogP contribution in [0.15, 0.2) is 18.2 Å². The number of aryl methyl sites for hydroxylation is 1. The minimum Gasteiger partial charge on any atom is -0.383 e. The number of carbonyl (C=O) groups excluding carboxylic acids is 1. The minimum atomic E-state index is -4.35. The minimum absolute atomic E-state index is 0.133. The van der Waals surface area contributed by atoms with Gasteiger partial charge in [-0.25, -0.2) is 4.79 Å². The standard InChI is InChI=1S/C13H16F3N3O/c1-9-2-3-10(8-11(9)13(14,15)16)17-4-6-19-7-5-18-12(19)20/h2-3,8,17H,4-7H2,1H3,(H,18,20). The molecule has 1 aromatic carbocycles. The van der Waals surface area contributed by atoms with Gasteiger partial charge in [0.15, 0.2) is 0 Å². The van der Waals surface area contributed by atoms with Crippen LogP contribution in [0.25, 0.3) is 0 Å². The first-order valence-corrected chi connectivity index (χ1v) is 6.32. The summed E-state index contributed by atoms with van der Waals surface area (Å²) in [7, 11) is 0. The first-order chi connectivity index (χ1) is 9.38. The lowest BCUT2D eigenvalue weighted by molar-refractivity contribution is -0.138. The van der Waals surface area contributed by atoms with Crippen LogP contribution in [0.4, 0.5) is 23.7 Å². The number of benzene rings is 1. The number of anilines is 1. The summed E-state index contributed by atoms with van der Waals surface area (Å²) in [6.07, 6.45) is -4.35. The van der Waals surface area contributed by atoms with E-state index in [9.17, 15) is 18.0 Å². The molecule has 0 aliphatic carbocycles. The highest BCUT2D eigenvalue weighted by atomic mass is 19.4. The SMILES string of the molecule is Cc1ccc(NCCN2CCNC2=O)cc1C(F)(F)F. The third-order valence-electron chi connectivity index (χ3n) is 3.20. The Labute approximate surface area is 114 Å². The monoisotopic (exact) mass is 287 g/mol. The van der Waals surface area contributed by atoms with Crippen molar-refractivity contribution in [2.24, 2.45) is 0 Å². The average molecular weight is 287 g/mol. The Balaban J connectivity index is 1.95. The highest BCUT2D eigenvalue weighted by Gasteiger charge is 2.32. The summed E-state index contributed by atoms with van der Waals surface area (Å²) in [6.45, 7) is 3.54. The van der Waals surface area contributed by atoms with E-state index in [-0.39, 0.29) is 11.6 Å². The molecular formula is C13H16F3N3O. The van der Waals surface area contributed by atoms with E-state index < -0.39 is 11.7 Å². The second kappa shape index (κ2) is 5.60. The molecule has 2 N–H and O–H groups in total. The van der Waals surface area contributed by atoms with Gasteiger partial charge in [-0.3, -0.25) is 0 Å². The normalized spacial score (nSPS) is 15.4. The van der Waals surface area contributed by atoms with Crippen molar-refractivity contribution in [1.29, 1.82) is 0 Å². The van der Waals surface area contributed by atoms with Crippen molar-refractivity contribution in [3.63, 3.8) is 0 Å². The van der Waals surface area contributed by atoms with Gasteiger partial charge < -0.3 is 15.5 Å². The lowest BCUT2D eigenvalue weighted by atomic mass is 10.1. The topological polar surface area (TPSA) is 44.4 Å². The van der Waals surface area contributed by atoms with E-state index in [4.69, 9.17) is 0 Å². The highest BCUT2D eigenvalue weighted by molar-refractivity contribution is 5.76. The van der Waals surface area contributed by atoms with Crippen molar-refractivity contribution in [3.8, 4) is 0 Å². The summed E-state index contributed by atoms with van der Waals surface area (Å²) in [5.41, 5.74) is -0.0362. The number of hydrogen-bond donors (Lipinski definition) is 2. The number of nitrogens with one attached hydrogen (secondary N) is 2.